The molecule has 5 nitrogen and oxygen atoms in total. The second kappa shape index (κ2) is 5.57. The lowest BCUT2D eigenvalue weighted by atomic mass is 10.3. The van der Waals surface area contributed by atoms with Crippen LogP contribution in [0.5, 0.6) is 5.75 Å². The van der Waals surface area contributed by atoms with Crippen LogP contribution in [-0.4, -0.2) is 21.9 Å². The molecular formula is C15H15N3O2S. The summed E-state index contributed by atoms with van der Waals surface area (Å²) in [6.45, 7) is 4.47. The number of amides is 1. The van der Waals surface area contributed by atoms with Gasteiger partial charge in [-0.1, -0.05) is 12.1 Å². The quantitative estimate of drug-likeness (QED) is 0.804. The highest BCUT2D eigenvalue weighted by Gasteiger charge is 2.14. The Labute approximate surface area is 126 Å². The van der Waals surface area contributed by atoms with Crippen molar-refractivity contribution >= 4 is 27.9 Å². The van der Waals surface area contributed by atoms with Gasteiger partial charge < -0.3 is 10.1 Å². The van der Waals surface area contributed by atoms with Gasteiger partial charge in [0.15, 0.2) is 4.96 Å². The molecule has 3 aromatic rings. The van der Waals surface area contributed by atoms with Gasteiger partial charge in [0.25, 0.3) is 5.91 Å². The molecule has 0 radical (unpaired) electrons. The molecular weight excluding hydrogens is 286 g/mol. The molecule has 0 spiro atoms. The molecule has 0 bridgehead atoms. The smallest absolute Gasteiger partial charge is 0.276 e. The van der Waals surface area contributed by atoms with Crippen LogP contribution in [0, 0.1) is 6.92 Å². The van der Waals surface area contributed by atoms with Crippen molar-refractivity contribution in [3.8, 4) is 5.75 Å². The van der Waals surface area contributed by atoms with Crippen molar-refractivity contribution in [3.05, 3.63) is 47.2 Å². The number of ether oxygens (including phenoxy) is 1. The van der Waals surface area contributed by atoms with Crippen molar-refractivity contribution in [1.82, 2.24) is 9.38 Å². The van der Waals surface area contributed by atoms with Gasteiger partial charge in [-0.25, -0.2) is 4.98 Å². The predicted molar refractivity (Wildman–Crippen MR) is 83.4 cm³/mol. The lowest BCUT2D eigenvalue weighted by Crippen LogP contribution is -2.13. The zero-order chi connectivity index (χ0) is 14.8. The van der Waals surface area contributed by atoms with Gasteiger partial charge in [0, 0.05) is 17.3 Å². The Morgan fingerprint density at radius 1 is 1.38 bits per heavy atom. The average Bonchev–Trinajstić information content (AvgIpc) is 2.98. The maximum atomic E-state index is 12.3. The van der Waals surface area contributed by atoms with Crippen molar-refractivity contribution in [2.24, 2.45) is 0 Å². The lowest BCUT2D eigenvalue weighted by Gasteiger charge is -2.10. The van der Waals surface area contributed by atoms with Gasteiger partial charge in [-0.3, -0.25) is 9.20 Å². The molecule has 6 heteroatoms. The molecule has 1 N–H and O–H groups in total. The third-order valence-electron chi connectivity index (χ3n) is 2.94. The highest BCUT2D eigenvalue weighted by atomic mass is 32.1. The van der Waals surface area contributed by atoms with Crippen molar-refractivity contribution in [2.75, 3.05) is 11.9 Å². The minimum Gasteiger partial charge on any atom is -0.492 e. The standard InChI is InChI=1S/C15H15N3O2S/c1-3-20-13-7-5-4-6-11(13)16-14(19)12-9-18-8-10(2)21-15(18)17-12/h4-9H,3H2,1-2H3,(H,16,19). The largest absolute Gasteiger partial charge is 0.492 e. The van der Waals surface area contributed by atoms with E-state index < -0.39 is 0 Å². The minimum absolute atomic E-state index is 0.240. The summed E-state index contributed by atoms with van der Waals surface area (Å²) in [5.74, 6) is 0.418. The second-order valence-electron chi connectivity index (χ2n) is 4.54. The Balaban J connectivity index is 1.84. The highest BCUT2D eigenvalue weighted by Crippen LogP contribution is 2.24. The lowest BCUT2D eigenvalue weighted by molar-refractivity contribution is 0.102. The molecule has 0 fully saturated rings. The maximum absolute atomic E-state index is 12.3. The summed E-state index contributed by atoms with van der Waals surface area (Å²) in [6, 6.07) is 7.36. The first-order chi connectivity index (χ1) is 10.2. The first-order valence-corrected chi connectivity index (χ1v) is 7.47. The van der Waals surface area contributed by atoms with Gasteiger partial charge in [0.1, 0.15) is 11.4 Å². The molecule has 1 aromatic carbocycles. The topological polar surface area (TPSA) is 55.6 Å². The van der Waals surface area contributed by atoms with E-state index in [1.165, 1.54) is 0 Å². The number of carbonyl (C=O) groups excluding carboxylic acids is 1. The fourth-order valence-corrected chi connectivity index (χ4v) is 2.87. The molecule has 0 atom stereocenters. The Morgan fingerprint density at radius 2 is 2.19 bits per heavy atom. The van der Waals surface area contributed by atoms with Gasteiger partial charge in [0.05, 0.1) is 12.3 Å². The Kier molecular flexibility index (Phi) is 3.62. The SMILES string of the molecule is CCOc1ccccc1NC(=O)c1cn2cc(C)sc2n1. The molecule has 108 valence electrons. The molecule has 0 aliphatic heterocycles. The monoisotopic (exact) mass is 301 g/mol. The average molecular weight is 301 g/mol. The number of aryl methyl sites for hydroxylation is 1. The molecule has 0 saturated carbocycles. The van der Waals surface area contributed by atoms with Crippen LogP contribution < -0.4 is 10.1 Å². The second-order valence-corrected chi connectivity index (χ2v) is 5.75. The van der Waals surface area contributed by atoms with E-state index in [0.29, 0.717) is 23.7 Å². The van der Waals surface area contributed by atoms with E-state index in [-0.39, 0.29) is 5.91 Å². The number of para-hydroxylation sites is 2. The number of nitrogens with zero attached hydrogens (tertiary/aromatic N) is 2. The van der Waals surface area contributed by atoms with E-state index in [1.54, 1.807) is 17.5 Å². The number of hydrogen-bond acceptors (Lipinski definition) is 4. The van der Waals surface area contributed by atoms with Gasteiger partial charge in [-0.15, -0.1) is 11.3 Å². The Morgan fingerprint density at radius 3 is 2.95 bits per heavy atom. The first kappa shape index (κ1) is 13.6. The minimum atomic E-state index is -0.240. The molecule has 2 aromatic heterocycles. The van der Waals surface area contributed by atoms with Crippen molar-refractivity contribution in [1.29, 1.82) is 0 Å². The van der Waals surface area contributed by atoms with Crippen LogP contribution in [0.4, 0.5) is 5.69 Å². The molecule has 0 aliphatic rings. The fourth-order valence-electron chi connectivity index (χ4n) is 2.06. The zero-order valence-electron chi connectivity index (χ0n) is 11.8. The highest BCUT2D eigenvalue weighted by molar-refractivity contribution is 7.17. The van der Waals surface area contributed by atoms with Crippen LogP contribution >= 0.6 is 11.3 Å². The van der Waals surface area contributed by atoms with Crippen LogP contribution in [-0.2, 0) is 0 Å². The Bertz CT molecular complexity index is 760. The van der Waals surface area contributed by atoms with Crippen molar-refractivity contribution < 1.29 is 9.53 Å². The number of hydrogen-bond donors (Lipinski definition) is 1. The number of nitrogens with one attached hydrogen (secondary N) is 1. The molecule has 0 saturated heterocycles. The molecule has 1 amide bonds. The number of imidazole rings is 1. The summed E-state index contributed by atoms with van der Waals surface area (Å²) in [7, 11) is 0. The van der Waals surface area contributed by atoms with E-state index in [4.69, 9.17) is 4.74 Å². The van der Waals surface area contributed by atoms with Crippen LogP contribution in [0.1, 0.15) is 22.3 Å². The van der Waals surface area contributed by atoms with Gasteiger partial charge in [0.2, 0.25) is 0 Å². The molecule has 3 rings (SSSR count). The summed E-state index contributed by atoms with van der Waals surface area (Å²) in [4.78, 5) is 18.6. The van der Waals surface area contributed by atoms with E-state index in [0.717, 1.165) is 9.84 Å². The number of thiazole rings is 1. The van der Waals surface area contributed by atoms with E-state index in [1.807, 2.05) is 48.7 Å². The fraction of sp³-hybridized carbons (Fsp3) is 0.200. The number of fused-ring (bicyclic) bond motifs is 1. The number of carbonyl (C=O) groups is 1. The zero-order valence-corrected chi connectivity index (χ0v) is 12.6. The normalized spacial score (nSPS) is 10.8. The molecule has 2 heterocycles. The maximum Gasteiger partial charge on any atom is 0.276 e. The van der Waals surface area contributed by atoms with Crippen molar-refractivity contribution in [2.45, 2.75) is 13.8 Å². The van der Waals surface area contributed by atoms with Gasteiger partial charge in [-0.2, -0.15) is 0 Å². The summed E-state index contributed by atoms with van der Waals surface area (Å²) in [5, 5.41) is 2.84. The van der Waals surface area contributed by atoms with E-state index >= 15 is 0 Å². The van der Waals surface area contributed by atoms with E-state index in [2.05, 4.69) is 10.3 Å². The van der Waals surface area contributed by atoms with Crippen LogP contribution in [0.15, 0.2) is 36.7 Å². The third kappa shape index (κ3) is 2.75. The van der Waals surface area contributed by atoms with Crippen LogP contribution in [0.3, 0.4) is 0 Å². The summed E-state index contributed by atoms with van der Waals surface area (Å²) < 4.78 is 7.36. The van der Waals surface area contributed by atoms with Crippen molar-refractivity contribution in [3.63, 3.8) is 0 Å². The number of aromatic nitrogens is 2. The summed E-state index contributed by atoms with van der Waals surface area (Å²) >= 11 is 1.56. The number of rotatable bonds is 4. The van der Waals surface area contributed by atoms with Crippen LogP contribution in [0.2, 0.25) is 0 Å². The predicted octanol–water partition coefficient (Wildman–Crippen LogP) is 3.36. The molecule has 0 aliphatic carbocycles. The van der Waals surface area contributed by atoms with Gasteiger partial charge >= 0.3 is 0 Å². The van der Waals surface area contributed by atoms with Crippen LogP contribution in [0.25, 0.3) is 4.96 Å². The van der Waals surface area contributed by atoms with E-state index in [9.17, 15) is 4.79 Å². The van der Waals surface area contributed by atoms with Gasteiger partial charge in [-0.05, 0) is 26.0 Å². The Hall–Kier alpha value is -2.34. The first-order valence-electron chi connectivity index (χ1n) is 6.65. The number of benzene rings is 1. The summed E-state index contributed by atoms with van der Waals surface area (Å²) in [6.07, 6.45) is 3.69. The number of anilines is 1. The molecule has 21 heavy (non-hydrogen) atoms. The summed E-state index contributed by atoms with van der Waals surface area (Å²) in [5.41, 5.74) is 1.05. The third-order valence-corrected chi connectivity index (χ3v) is 3.85. The molecule has 0 unspecified atom stereocenters.